The van der Waals surface area contributed by atoms with Gasteiger partial charge in [0, 0.05) is 0 Å². The van der Waals surface area contributed by atoms with E-state index in [0.29, 0.717) is 0 Å². The van der Waals surface area contributed by atoms with Crippen LogP contribution in [0.2, 0.25) is 0 Å². The molecule has 8 heavy (non-hydrogen) atoms. The third-order valence-corrected chi connectivity index (χ3v) is 0.405. The maximum absolute atomic E-state index is 9.98. The monoisotopic (exact) mass is 116 g/mol. The van der Waals surface area contributed by atoms with Crippen LogP contribution in [0.3, 0.4) is 0 Å². The summed E-state index contributed by atoms with van der Waals surface area (Å²) in [7, 11) is 0. The van der Waals surface area contributed by atoms with Crippen molar-refractivity contribution >= 4 is 11.9 Å². The molecule has 0 aromatic rings. The van der Waals surface area contributed by atoms with Gasteiger partial charge < -0.3 is 5.73 Å². The Morgan fingerprint density at radius 1 is 1.75 bits per heavy atom. The number of nitrogens with one attached hydrogen (secondary N) is 2. The maximum atomic E-state index is 9.98. The van der Waals surface area contributed by atoms with E-state index in [4.69, 9.17) is 5.41 Å². The molecule has 1 amide bonds. The summed E-state index contributed by atoms with van der Waals surface area (Å²) in [5, 5.41) is 17.8. The van der Waals surface area contributed by atoms with E-state index in [0.717, 1.165) is 0 Å². The molecular formula is C3H6N3O2. The molecule has 0 saturated carbocycles. The quantitative estimate of drug-likeness (QED) is 0.285. The van der Waals surface area contributed by atoms with Crippen LogP contribution in [0.1, 0.15) is 0 Å². The highest BCUT2D eigenvalue weighted by Crippen LogP contribution is 1.58. The number of amides is 1. The molecule has 0 aliphatic heterocycles. The Morgan fingerprint density at radius 3 is 2.38 bits per heavy atom. The summed E-state index contributed by atoms with van der Waals surface area (Å²) in [6, 6.07) is 0. The van der Waals surface area contributed by atoms with Gasteiger partial charge >= 0.3 is 0 Å². The molecule has 0 bridgehead atoms. The van der Waals surface area contributed by atoms with Crippen LogP contribution in [0.5, 0.6) is 0 Å². The van der Waals surface area contributed by atoms with Gasteiger partial charge in [0.25, 0.3) is 5.91 Å². The number of carbonyl (C=O) groups is 1. The van der Waals surface area contributed by atoms with Gasteiger partial charge in [-0.1, -0.05) is 0 Å². The average molecular weight is 116 g/mol. The molecule has 0 unspecified atom stereocenters. The second-order valence-electron chi connectivity index (χ2n) is 1.11. The summed E-state index contributed by atoms with van der Waals surface area (Å²) < 4.78 is 0. The third kappa shape index (κ3) is 3.10. The molecule has 4 N–H and O–H groups in total. The lowest BCUT2D eigenvalue weighted by Gasteiger charge is -1.94. The van der Waals surface area contributed by atoms with Crippen LogP contribution in [0.25, 0.3) is 0 Å². The van der Waals surface area contributed by atoms with Crippen molar-refractivity contribution in [3.8, 4) is 0 Å². The normalized spacial score (nSPS) is 8.12. The first-order valence-electron chi connectivity index (χ1n) is 1.89. The first kappa shape index (κ1) is 6.90. The highest BCUT2D eigenvalue weighted by Gasteiger charge is 1.96. The molecular weight excluding hydrogens is 110 g/mol. The van der Waals surface area contributed by atoms with Crippen molar-refractivity contribution in [2.45, 2.75) is 0 Å². The zero-order valence-corrected chi connectivity index (χ0v) is 4.10. The van der Waals surface area contributed by atoms with E-state index in [-0.39, 0.29) is 0 Å². The van der Waals surface area contributed by atoms with Crippen LogP contribution >= 0.6 is 0 Å². The van der Waals surface area contributed by atoms with Crippen LogP contribution in [0.15, 0.2) is 0 Å². The minimum absolute atomic E-state index is 0.495. The molecule has 0 aliphatic rings. The summed E-state index contributed by atoms with van der Waals surface area (Å²) in [6.45, 7) is -0.889. The number of hydrogen-bond acceptors (Lipinski definition) is 2. The zero-order valence-electron chi connectivity index (χ0n) is 4.10. The Labute approximate surface area is 46.0 Å². The predicted octanol–water partition coefficient (Wildman–Crippen LogP) is -1.57. The lowest BCUT2D eigenvalue weighted by atomic mass is 10.6. The van der Waals surface area contributed by atoms with E-state index < -0.39 is 18.5 Å². The smallest absolute Gasteiger partial charge is 0.256 e. The SMILES string of the molecule is N=C(N)NC(=O)C[O]. The summed E-state index contributed by atoms with van der Waals surface area (Å²) in [6.07, 6.45) is 0. The van der Waals surface area contributed by atoms with Crippen molar-refractivity contribution in [3.63, 3.8) is 0 Å². The molecule has 0 rings (SSSR count). The number of nitrogens with two attached hydrogens (primary N) is 1. The summed E-state index contributed by atoms with van der Waals surface area (Å²) >= 11 is 0. The summed E-state index contributed by atoms with van der Waals surface area (Å²) in [4.78, 5) is 9.98. The minimum atomic E-state index is -0.889. The molecule has 0 aromatic carbocycles. The highest BCUT2D eigenvalue weighted by molar-refractivity contribution is 5.94. The molecule has 1 radical (unpaired) electrons. The third-order valence-electron chi connectivity index (χ3n) is 0.405. The Bertz CT molecular complexity index is 111. The van der Waals surface area contributed by atoms with Gasteiger partial charge in [-0.25, -0.2) is 5.11 Å². The minimum Gasteiger partial charge on any atom is -0.370 e. The van der Waals surface area contributed by atoms with Gasteiger partial charge in [-0.2, -0.15) is 0 Å². The Morgan fingerprint density at radius 2 is 2.25 bits per heavy atom. The maximum Gasteiger partial charge on any atom is 0.256 e. The molecule has 0 atom stereocenters. The molecule has 0 aromatic heterocycles. The summed E-state index contributed by atoms with van der Waals surface area (Å²) in [5.41, 5.74) is 4.68. The molecule has 5 heteroatoms. The van der Waals surface area contributed by atoms with Crippen molar-refractivity contribution in [1.82, 2.24) is 5.32 Å². The van der Waals surface area contributed by atoms with Gasteiger partial charge in [0.05, 0.1) is 0 Å². The molecule has 45 valence electrons. The molecule has 0 spiro atoms. The molecule has 0 fully saturated rings. The fourth-order valence-electron chi connectivity index (χ4n) is 0.186. The Balaban J connectivity index is 3.40. The second kappa shape index (κ2) is 2.98. The van der Waals surface area contributed by atoms with Crippen molar-refractivity contribution in [2.75, 3.05) is 6.61 Å². The lowest BCUT2D eigenvalue weighted by Crippen LogP contribution is -2.37. The molecule has 0 aliphatic carbocycles. The zero-order chi connectivity index (χ0) is 6.57. The highest BCUT2D eigenvalue weighted by atomic mass is 16.3. The average Bonchev–Trinajstić information content (AvgIpc) is 1.65. The number of guanidine groups is 1. The van der Waals surface area contributed by atoms with Crippen LogP contribution in [0.4, 0.5) is 0 Å². The van der Waals surface area contributed by atoms with E-state index in [2.05, 4.69) is 5.73 Å². The van der Waals surface area contributed by atoms with Crippen LogP contribution in [0, 0.1) is 5.41 Å². The van der Waals surface area contributed by atoms with Crippen molar-refractivity contribution in [3.05, 3.63) is 0 Å². The van der Waals surface area contributed by atoms with E-state index in [1.165, 1.54) is 0 Å². The number of carbonyl (C=O) groups excluding carboxylic acids is 1. The van der Waals surface area contributed by atoms with E-state index in [1.54, 1.807) is 5.32 Å². The lowest BCUT2D eigenvalue weighted by molar-refractivity contribution is -0.124. The molecule has 0 saturated heterocycles. The van der Waals surface area contributed by atoms with Gasteiger partial charge in [0.2, 0.25) is 0 Å². The van der Waals surface area contributed by atoms with E-state index in [9.17, 15) is 9.90 Å². The van der Waals surface area contributed by atoms with E-state index in [1.807, 2.05) is 0 Å². The van der Waals surface area contributed by atoms with Crippen molar-refractivity contribution in [1.29, 1.82) is 5.41 Å². The topological polar surface area (TPSA) is 98.9 Å². The predicted molar refractivity (Wildman–Crippen MR) is 25.6 cm³/mol. The Kier molecular flexibility index (Phi) is 2.57. The van der Waals surface area contributed by atoms with E-state index >= 15 is 0 Å². The number of hydrogen-bond donors (Lipinski definition) is 3. The largest absolute Gasteiger partial charge is 0.370 e. The second-order valence-corrected chi connectivity index (χ2v) is 1.11. The first-order valence-corrected chi connectivity index (χ1v) is 1.89. The van der Waals surface area contributed by atoms with Gasteiger partial charge in [-0.3, -0.25) is 15.5 Å². The van der Waals surface area contributed by atoms with Crippen molar-refractivity contribution in [2.24, 2.45) is 5.73 Å². The van der Waals surface area contributed by atoms with Crippen LogP contribution in [-0.2, 0) is 9.90 Å². The van der Waals surface area contributed by atoms with Crippen LogP contribution < -0.4 is 11.1 Å². The van der Waals surface area contributed by atoms with Crippen LogP contribution in [-0.4, -0.2) is 18.5 Å². The van der Waals surface area contributed by atoms with Gasteiger partial charge in [0.15, 0.2) is 12.6 Å². The first-order chi connectivity index (χ1) is 3.66. The van der Waals surface area contributed by atoms with Gasteiger partial charge in [-0.15, -0.1) is 0 Å². The Hall–Kier alpha value is -1.10. The number of rotatable bonds is 1. The fraction of sp³-hybridized carbons (Fsp3) is 0.333. The molecule has 0 heterocycles. The fourth-order valence-corrected chi connectivity index (χ4v) is 0.186. The summed E-state index contributed by atoms with van der Waals surface area (Å²) in [5.74, 6) is -1.27. The molecule has 5 nitrogen and oxygen atoms in total. The standard InChI is InChI=1S/C3H6N3O2/c4-3(5)6-2(8)1-7/h1H2,(H4,4,5,6,8). The van der Waals surface area contributed by atoms with Gasteiger partial charge in [-0.05, 0) is 0 Å². The van der Waals surface area contributed by atoms with Crippen molar-refractivity contribution < 1.29 is 9.90 Å². The van der Waals surface area contributed by atoms with Gasteiger partial charge in [0.1, 0.15) is 0 Å².